The molecule has 0 unspecified atom stereocenters. The lowest BCUT2D eigenvalue weighted by Crippen LogP contribution is -2.27. The Hall–Kier alpha value is -1.18. The second-order valence-corrected chi connectivity index (χ2v) is 3.92. The molecule has 0 radical (unpaired) electrons. The molecule has 7 nitrogen and oxygen atoms in total. The van der Waals surface area contributed by atoms with Crippen LogP contribution in [-0.4, -0.2) is 56.8 Å². The molecule has 0 aliphatic rings. The van der Waals surface area contributed by atoms with Crippen molar-refractivity contribution in [3.63, 3.8) is 0 Å². The number of nitrogens with zero attached hydrogens (tertiary/aromatic N) is 3. The highest BCUT2D eigenvalue weighted by atomic mass is 16.5. The molecule has 7 heteroatoms. The number of methoxy groups -OCH3 is 1. The number of hydrogen-bond acceptors (Lipinski definition) is 7. The van der Waals surface area contributed by atoms with Crippen LogP contribution in [0.25, 0.3) is 0 Å². The van der Waals surface area contributed by atoms with Crippen molar-refractivity contribution in [2.75, 3.05) is 51.5 Å². The molecule has 19 heavy (non-hydrogen) atoms. The van der Waals surface area contributed by atoms with Gasteiger partial charge in [-0.2, -0.15) is 0 Å². The summed E-state index contributed by atoms with van der Waals surface area (Å²) in [6.07, 6.45) is 0. The Kier molecular flexibility index (Phi) is 8.11. The highest BCUT2D eigenvalue weighted by Gasteiger charge is 2.12. The van der Waals surface area contributed by atoms with Crippen LogP contribution in [0.2, 0.25) is 0 Å². The van der Waals surface area contributed by atoms with Gasteiger partial charge in [-0.15, -0.1) is 5.10 Å². The van der Waals surface area contributed by atoms with Crippen LogP contribution in [0.1, 0.15) is 19.7 Å². The van der Waals surface area contributed by atoms with Gasteiger partial charge in [0, 0.05) is 33.4 Å². The van der Waals surface area contributed by atoms with E-state index in [0.717, 1.165) is 26.2 Å². The second-order valence-electron chi connectivity index (χ2n) is 3.92. The largest absolute Gasteiger partial charge is 0.407 e. The molecule has 0 saturated heterocycles. The number of nitrogens with one attached hydrogen (secondary N) is 1. The Morgan fingerprint density at radius 1 is 1.26 bits per heavy atom. The standard InChI is InChI=1S/C12H24N4O3/c1-4-16(7-9-18-5-2)12-15-14-11(19-12)10-13-6-8-17-3/h13H,4-10H2,1-3H3. The average molecular weight is 272 g/mol. The van der Waals surface area contributed by atoms with Gasteiger partial charge in [-0.1, -0.05) is 5.10 Å². The zero-order chi connectivity index (χ0) is 13.9. The van der Waals surface area contributed by atoms with Gasteiger partial charge in [0.2, 0.25) is 5.89 Å². The van der Waals surface area contributed by atoms with E-state index >= 15 is 0 Å². The minimum Gasteiger partial charge on any atom is -0.407 e. The minimum absolute atomic E-state index is 0.547. The van der Waals surface area contributed by atoms with E-state index in [0.29, 0.717) is 31.7 Å². The van der Waals surface area contributed by atoms with Crippen molar-refractivity contribution in [1.29, 1.82) is 0 Å². The van der Waals surface area contributed by atoms with Gasteiger partial charge in [-0.05, 0) is 13.8 Å². The number of likely N-dealkylation sites (N-methyl/N-ethyl adjacent to an activating group) is 1. The van der Waals surface area contributed by atoms with Crippen molar-refractivity contribution in [2.45, 2.75) is 20.4 Å². The highest BCUT2D eigenvalue weighted by Crippen LogP contribution is 2.11. The summed E-state index contributed by atoms with van der Waals surface area (Å²) in [5.74, 6) is 0.584. The molecule has 0 atom stereocenters. The summed E-state index contributed by atoms with van der Waals surface area (Å²) in [4.78, 5) is 2.00. The summed E-state index contributed by atoms with van der Waals surface area (Å²) in [6.45, 7) is 8.95. The fourth-order valence-electron chi connectivity index (χ4n) is 1.52. The van der Waals surface area contributed by atoms with E-state index < -0.39 is 0 Å². The van der Waals surface area contributed by atoms with E-state index in [1.165, 1.54) is 0 Å². The van der Waals surface area contributed by atoms with Crippen molar-refractivity contribution in [3.8, 4) is 0 Å². The average Bonchev–Trinajstić information content (AvgIpc) is 2.88. The zero-order valence-corrected chi connectivity index (χ0v) is 12.0. The zero-order valence-electron chi connectivity index (χ0n) is 12.0. The molecule has 110 valence electrons. The van der Waals surface area contributed by atoms with Crippen LogP contribution in [0.3, 0.4) is 0 Å². The molecule has 0 aliphatic heterocycles. The van der Waals surface area contributed by atoms with E-state index in [2.05, 4.69) is 15.5 Å². The summed E-state index contributed by atoms with van der Waals surface area (Å²) in [5.41, 5.74) is 0. The number of ether oxygens (including phenoxy) is 2. The van der Waals surface area contributed by atoms with Gasteiger partial charge in [-0.25, -0.2) is 0 Å². The molecule has 0 aliphatic carbocycles. The molecule has 1 aromatic heterocycles. The normalized spacial score (nSPS) is 10.9. The van der Waals surface area contributed by atoms with Gasteiger partial charge < -0.3 is 24.1 Å². The Morgan fingerprint density at radius 3 is 2.79 bits per heavy atom. The van der Waals surface area contributed by atoms with E-state index in [4.69, 9.17) is 13.9 Å². The summed E-state index contributed by atoms with van der Waals surface area (Å²) in [5, 5.41) is 11.2. The maximum absolute atomic E-state index is 5.59. The van der Waals surface area contributed by atoms with Crippen molar-refractivity contribution in [3.05, 3.63) is 5.89 Å². The monoisotopic (exact) mass is 272 g/mol. The number of rotatable bonds is 11. The first-order valence-electron chi connectivity index (χ1n) is 6.66. The Bertz CT molecular complexity index is 333. The van der Waals surface area contributed by atoms with Crippen molar-refractivity contribution >= 4 is 6.01 Å². The quantitative estimate of drug-likeness (QED) is 0.593. The first kappa shape index (κ1) is 15.9. The maximum Gasteiger partial charge on any atom is 0.318 e. The fraction of sp³-hybridized carbons (Fsp3) is 0.833. The lowest BCUT2D eigenvalue weighted by atomic mass is 10.5. The first-order valence-corrected chi connectivity index (χ1v) is 6.66. The van der Waals surface area contributed by atoms with Gasteiger partial charge in [0.15, 0.2) is 0 Å². The minimum atomic E-state index is 0.547. The molecule has 0 aromatic carbocycles. The van der Waals surface area contributed by atoms with Crippen LogP contribution in [0.5, 0.6) is 0 Å². The molecule has 0 spiro atoms. The van der Waals surface area contributed by atoms with Crippen molar-refractivity contribution in [1.82, 2.24) is 15.5 Å². The van der Waals surface area contributed by atoms with Crippen molar-refractivity contribution < 1.29 is 13.9 Å². The smallest absolute Gasteiger partial charge is 0.318 e. The molecular formula is C12H24N4O3. The summed E-state index contributed by atoms with van der Waals surface area (Å²) >= 11 is 0. The van der Waals surface area contributed by atoms with Crippen LogP contribution in [0.4, 0.5) is 6.01 Å². The first-order chi connectivity index (χ1) is 9.31. The lowest BCUT2D eigenvalue weighted by Gasteiger charge is -2.17. The van der Waals surface area contributed by atoms with Crippen LogP contribution in [-0.2, 0) is 16.0 Å². The molecule has 0 amide bonds. The molecule has 0 bridgehead atoms. The van der Waals surface area contributed by atoms with Gasteiger partial charge in [0.05, 0.1) is 19.8 Å². The molecule has 1 N–H and O–H groups in total. The summed E-state index contributed by atoms with van der Waals surface area (Å²) in [7, 11) is 1.67. The van der Waals surface area contributed by atoms with E-state index in [1.54, 1.807) is 7.11 Å². The predicted molar refractivity (Wildman–Crippen MR) is 72.3 cm³/mol. The predicted octanol–water partition coefficient (Wildman–Crippen LogP) is 0.668. The van der Waals surface area contributed by atoms with Crippen LogP contribution >= 0.6 is 0 Å². The maximum atomic E-state index is 5.59. The SMILES string of the molecule is CCOCCN(CC)c1nnc(CNCCOC)o1. The van der Waals surface area contributed by atoms with Crippen LogP contribution in [0.15, 0.2) is 4.42 Å². The third kappa shape index (κ3) is 6.00. The van der Waals surface area contributed by atoms with E-state index in [1.807, 2.05) is 18.7 Å². The Balaban J connectivity index is 2.37. The molecule has 1 rings (SSSR count). The van der Waals surface area contributed by atoms with Crippen LogP contribution < -0.4 is 10.2 Å². The molecule has 0 saturated carbocycles. The highest BCUT2D eigenvalue weighted by molar-refractivity contribution is 5.23. The Labute approximate surface area is 114 Å². The molecule has 0 fully saturated rings. The van der Waals surface area contributed by atoms with Crippen molar-refractivity contribution in [2.24, 2.45) is 0 Å². The number of anilines is 1. The van der Waals surface area contributed by atoms with E-state index in [9.17, 15) is 0 Å². The molecule has 1 aromatic rings. The summed E-state index contributed by atoms with van der Waals surface area (Å²) in [6, 6.07) is 0.547. The number of aromatic nitrogens is 2. The topological polar surface area (TPSA) is 72.7 Å². The second kappa shape index (κ2) is 9.71. The van der Waals surface area contributed by atoms with Gasteiger partial charge in [0.1, 0.15) is 0 Å². The number of hydrogen-bond donors (Lipinski definition) is 1. The molecular weight excluding hydrogens is 248 g/mol. The lowest BCUT2D eigenvalue weighted by molar-refractivity contribution is 0.153. The van der Waals surface area contributed by atoms with E-state index in [-0.39, 0.29) is 0 Å². The van der Waals surface area contributed by atoms with Gasteiger partial charge in [-0.3, -0.25) is 0 Å². The fourth-order valence-corrected chi connectivity index (χ4v) is 1.52. The molecule has 1 heterocycles. The van der Waals surface area contributed by atoms with Gasteiger partial charge in [0.25, 0.3) is 0 Å². The Morgan fingerprint density at radius 2 is 2.11 bits per heavy atom. The summed E-state index contributed by atoms with van der Waals surface area (Å²) < 4.78 is 15.9. The third-order valence-corrected chi connectivity index (χ3v) is 2.58. The van der Waals surface area contributed by atoms with Gasteiger partial charge >= 0.3 is 6.01 Å². The third-order valence-electron chi connectivity index (χ3n) is 2.58. The van der Waals surface area contributed by atoms with Crippen LogP contribution in [0, 0.1) is 0 Å².